The highest BCUT2D eigenvalue weighted by molar-refractivity contribution is 7.89. The fraction of sp³-hybridized carbons (Fsp3) is 0.375. The molecule has 1 unspecified atom stereocenters. The van der Waals surface area contributed by atoms with Gasteiger partial charge in [-0.2, -0.15) is 0 Å². The van der Waals surface area contributed by atoms with Gasteiger partial charge < -0.3 is 0 Å². The fourth-order valence-electron chi connectivity index (χ4n) is 1.10. The lowest BCUT2D eigenvalue weighted by Crippen LogP contribution is -2.20. The fourth-order valence-corrected chi connectivity index (χ4v) is 1.97. The summed E-state index contributed by atoms with van der Waals surface area (Å²) in [5.74, 6) is -0.222. The van der Waals surface area contributed by atoms with E-state index in [4.69, 9.17) is 5.14 Å². The van der Waals surface area contributed by atoms with Crippen LogP contribution in [-0.4, -0.2) is 19.2 Å². The zero-order chi connectivity index (χ0) is 9.90. The van der Waals surface area contributed by atoms with Gasteiger partial charge in [-0.3, -0.25) is 4.98 Å². The first-order valence-corrected chi connectivity index (χ1v) is 5.62. The zero-order valence-electron chi connectivity index (χ0n) is 7.34. The van der Waals surface area contributed by atoms with Crippen molar-refractivity contribution in [3.8, 4) is 0 Å². The van der Waals surface area contributed by atoms with Crippen molar-refractivity contribution in [2.24, 2.45) is 5.14 Å². The Balaban J connectivity index is 2.76. The van der Waals surface area contributed by atoms with Crippen LogP contribution in [0.4, 0.5) is 0 Å². The van der Waals surface area contributed by atoms with Crippen molar-refractivity contribution in [3.05, 3.63) is 30.1 Å². The first-order chi connectivity index (χ1) is 5.99. The monoisotopic (exact) mass is 200 g/mol. The molecule has 4 nitrogen and oxygen atoms in total. The Morgan fingerprint density at radius 1 is 1.54 bits per heavy atom. The van der Waals surface area contributed by atoms with E-state index >= 15 is 0 Å². The lowest BCUT2D eigenvalue weighted by Gasteiger charge is -2.07. The van der Waals surface area contributed by atoms with E-state index in [1.165, 1.54) is 0 Å². The number of nitrogens with zero attached hydrogens (tertiary/aromatic N) is 1. The lowest BCUT2D eigenvalue weighted by atomic mass is 10.1. The number of pyridine rings is 1. The second-order valence-corrected chi connectivity index (χ2v) is 4.64. The average Bonchev–Trinajstić information content (AvgIpc) is 2.03. The Labute approximate surface area is 77.8 Å². The quantitative estimate of drug-likeness (QED) is 0.771. The van der Waals surface area contributed by atoms with Gasteiger partial charge >= 0.3 is 0 Å². The van der Waals surface area contributed by atoms with Gasteiger partial charge in [0.1, 0.15) is 0 Å². The molecular weight excluding hydrogens is 188 g/mol. The average molecular weight is 200 g/mol. The van der Waals surface area contributed by atoms with Gasteiger partial charge in [0.15, 0.2) is 0 Å². The van der Waals surface area contributed by atoms with Gasteiger partial charge in [0.05, 0.1) is 5.75 Å². The maximum absolute atomic E-state index is 10.8. The largest absolute Gasteiger partial charge is 0.261 e. The molecule has 0 bridgehead atoms. The van der Waals surface area contributed by atoms with Crippen molar-refractivity contribution in [1.29, 1.82) is 0 Å². The second kappa shape index (κ2) is 3.85. The van der Waals surface area contributed by atoms with Crippen molar-refractivity contribution in [2.75, 3.05) is 5.75 Å². The minimum Gasteiger partial charge on any atom is -0.261 e. The third-order valence-electron chi connectivity index (χ3n) is 1.67. The van der Waals surface area contributed by atoms with Crippen LogP contribution >= 0.6 is 0 Å². The molecule has 0 saturated carbocycles. The van der Waals surface area contributed by atoms with E-state index in [9.17, 15) is 8.42 Å². The van der Waals surface area contributed by atoms with E-state index in [2.05, 4.69) is 4.98 Å². The Morgan fingerprint density at radius 3 is 2.69 bits per heavy atom. The molecule has 0 radical (unpaired) electrons. The maximum atomic E-state index is 10.8. The highest BCUT2D eigenvalue weighted by Gasteiger charge is 2.13. The van der Waals surface area contributed by atoms with Crippen LogP contribution in [0.5, 0.6) is 0 Å². The van der Waals surface area contributed by atoms with Crippen LogP contribution in [0.25, 0.3) is 0 Å². The molecule has 2 N–H and O–H groups in total. The Hall–Kier alpha value is -0.940. The van der Waals surface area contributed by atoms with Gasteiger partial charge in [-0.15, -0.1) is 0 Å². The van der Waals surface area contributed by atoms with Crippen LogP contribution in [0, 0.1) is 0 Å². The molecule has 0 spiro atoms. The lowest BCUT2D eigenvalue weighted by molar-refractivity contribution is 0.591. The first kappa shape index (κ1) is 10.1. The minimum absolute atomic E-state index is 0.0655. The summed E-state index contributed by atoms with van der Waals surface area (Å²) in [6, 6.07) is 5.39. The van der Waals surface area contributed by atoms with Crippen molar-refractivity contribution in [1.82, 2.24) is 4.98 Å². The van der Waals surface area contributed by atoms with Crippen molar-refractivity contribution in [3.63, 3.8) is 0 Å². The summed E-state index contributed by atoms with van der Waals surface area (Å²) >= 11 is 0. The summed E-state index contributed by atoms with van der Waals surface area (Å²) in [5, 5.41) is 4.92. The summed E-state index contributed by atoms with van der Waals surface area (Å²) in [5.41, 5.74) is 0.747. The molecular formula is C8H12N2O2S. The van der Waals surface area contributed by atoms with Crippen molar-refractivity contribution < 1.29 is 8.42 Å². The Bertz CT molecular complexity index is 361. The molecule has 72 valence electrons. The van der Waals surface area contributed by atoms with Gasteiger partial charge in [-0.05, 0) is 12.1 Å². The number of sulfonamides is 1. The van der Waals surface area contributed by atoms with E-state index < -0.39 is 10.0 Å². The van der Waals surface area contributed by atoms with Gasteiger partial charge in [0, 0.05) is 17.8 Å². The van der Waals surface area contributed by atoms with Crippen LogP contribution in [0.15, 0.2) is 24.4 Å². The van der Waals surface area contributed by atoms with Gasteiger partial charge in [0.25, 0.3) is 0 Å². The third kappa shape index (κ3) is 3.52. The molecule has 5 heteroatoms. The molecule has 0 aromatic carbocycles. The predicted molar refractivity (Wildman–Crippen MR) is 50.6 cm³/mol. The van der Waals surface area contributed by atoms with Gasteiger partial charge in [-0.1, -0.05) is 13.0 Å². The van der Waals surface area contributed by atoms with Crippen LogP contribution < -0.4 is 5.14 Å². The summed E-state index contributed by atoms with van der Waals surface area (Å²) in [7, 11) is -3.41. The molecule has 0 aliphatic rings. The summed E-state index contributed by atoms with van der Waals surface area (Å²) < 4.78 is 21.5. The number of hydrogen-bond acceptors (Lipinski definition) is 3. The Morgan fingerprint density at radius 2 is 2.23 bits per heavy atom. The summed E-state index contributed by atoms with van der Waals surface area (Å²) in [4.78, 5) is 4.04. The normalized spacial score (nSPS) is 14.0. The SMILES string of the molecule is CC(CS(N)(=O)=O)c1ccccn1. The number of primary sulfonamides is 1. The number of hydrogen-bond donors (Lipinski definition) is 1. The molecule has 13 heavy (non-hydrogen) atoms. The van der Waals surface area contributed by atoms with Gasteiger partial charge in [0.2, 0.25) is 10.0 Å². The molecule has 0 aliphatic carbocycles. The number of aromatic nitrogens is 1. The van der Waals surface area contributed by atoms with Crippen LogP contribution in [-0.2, 0) is 10.0 Å². The maximum Gasteiger partial charge on any atom is 0.209 e. The van der Waals surface area contributed by atoms with E-state index in [-0.39, 0.29) is 11.7 Å². The van der Waals surface area contributed by atoms with Crippen LogP contribution in [0.2, 0.25) is 0 Å². The highest BCUT2D eigenvalue weighted by atomic mass is 32.2. The number of nitrogens with two attached hydrogens (primary N) is 1. The topological polar surface area (TPSA) is 73.1 Å². The molecule has 1 heterocycles. The smallest absolute Gasteiger partial charge is 0.209 e. The predicted octanol–water partition coefficient (Wildman–Crippen LogP) is 0.474. The molecule has 1 rings (SSSR count). The second-order valence-electron chi connectivity index (χ2n) is 2.99. The van der Waals surface area contributed by atoms with Gasteiger partial charge in [-0.25, -0.2) is 13.6 Å². The first-order valence-electron chi connectivity index (χ1n) is 3.90. The third-order valence-corrected chi connectivity index (χ3v) is 2.64. The molecule has 1 aromatic heterocycles. The molecule has 1 atom stereocenters. The van der Waals surface area contributed by atoms with Crippen LogP contribution in [0.3, 0.4) is 0 Å². The molecule has 1 aromatic rings. The van der Waals surface area contributed by atoms with E-state index in [0.29, 0.717) is 0 Å². The van der Waals surface area contributed by atoms with Crippen LogP contribution in [0.1, 0.15) is 18.5 Å². The molecule has 0 saturated heterocycles. The Kier molecular flexibility index (Phi) is 3.00. The summed E-state index contributed by atoms with van der Waals surface area (Å²) in [6.07, 6.45) is 1.63. The molecule has 0 fully saturated rings. The van der Waals surface area contributed by atoms with E-state index in [1.807, 2.05) is 6.07 Å². The highest BCUT2D eigenvalue weighted by Crippen LogP contribution is 2.12. The van der Waals surface area contributed by atoms with E-state index in [0.717, 1.165) is 5.69 Å². The minimum atomic E-state index is -3.41. The number of rotatable bonds is 3. The zero-order valence-corrected chi connectivity index (χ0v) is 8.16. The summed E-state index contributed by atoms with van der Waals surface area (Å²) in [6.45, 7) is 1.78. The van der Waals surface area contributed by atoms with Crippen molar-refractivity contribution in [2.45, 2.75) is 12.8 Å². The van der Waals surface area contributed by atoms with Crippen molar-refractivity contribution >= 4 is 10.0 Å². The standard InChI is InChI=1S/C8H12N2O2S/c1-7(6-13(9,11)12)8-4-2-3-5-10-8/h2-5,7H,6H2,1H3,(H2,9,11,12). The molecule has 0 amide bonds. The molecule has 0 aliphatic heterocycles. The van der Waals surface area contributed by atoms with E-state index in [1.54, 1.807) is 25.3 Å².